The maximum Gasteiger partial charge on any atom is 0.338 e. The standard InChI is InChI=1S/C11H15NO2/c1-7-6-9(8(2)12)4-5-10(7)11(13)14-3/h4-6,8H,12H2,1-3H3/t8-/m1/s1. The highest BCUT2D eigenvalue weighted by Gasteiger charge is 2.10. The molecule has 14 heavy (non-hydrogen) atoms. The smallest absolute Gasteiger partial charge is 0.338 e. The molecular weight excluding hydrogens is 178 g/mol. The molecule has 0 heterocycles. The number of aryl methyl sites for hydroxylation is 1. The molecule has 76 valence electrons. The van der Waals surface area contributed by atoms with E-state index in [4.69, 9.17) is 5.73 Å². The Bertz CT molecular complexity index is 345. The molecule has 0 aliphatic carbocycles. The molecule has 0 aliphatic rings. The predicted octanol–water partition coefficient (Wildman–Crippen LogP) is 1.80. The van der Waals surface area contributed by atoms with Crippen LogP contribution in [0.4, 0.5) is 0 Å². The highest BCUT2D eigenvalue weighted by atomic mass is 16.5. The molecule has 1 atom stereocenters. The summed E-state index contributed by atoms with van der Waals surface area (Å²) in [6.07, 6.45) is 0. The second-order valence-corrected chi connectivity index (χ2v) is 3.35. The molecule has 0 bridgehead atoms. The first-order valence-electron chi connectivity index (χ1n) is 4.50. The van der Waals surface area contributed by atoms with Gasteiger partial charge in [0, 0.05) is 6.04 Å². The van der Waals surface area contributed by atoms with Crippen LogP contribution in [-0.4, -0.2) is 13.1 Å². The van der Waals surface area contributed by atoms with Gasteiger partial charge in [0.25, 0.3) is 0 Å². The Labute approximate surface area is 83.9 Å². The van der Waals surface area contributed by atoms with Crippen molar-refractivity contribution in [3.8, 4) is 0 Å². The Morgan fingerprint density at radius 3 is 2.57 bits per heavy atom. The van der Waals surface area contributed by atoms with Gasteiger partial charge in [-0.15, -0.1) is 0 Å². The van der Waals surface area contributed by atoms with Gasteiger partial charge in [-0.05, 0) is 31.0 Å². The minimum absolute atomic E-state index is 0.0135. The van der Waals surface area contributed by atoms with Crippen LogP contribution in [0.5, 0.6) is 0 Å². The summed E-state index contributed by atoms with van der Waals surface area (Å²) in [6, 6.07) is 5.50. The van der Waals surface area contributed by atoms with Crippen molar-refractivity contribution in [2.45, 2.75) is 19.9 Å². The van der Waals surface area contributed by atoms with E-state index in [1.807, 2.05) is 26.0 Å². The molecule has 3 nitrogen and oxygen atoms in total. The molecule has 2 N–H and O–H groups in total. The van der Waals surface area contributed by atoms with E-state index in [9.17, 15) is 4.79 Å². The Hall–Kier alpha value is -1.35. The van der Waals surface area contributed by atoms with Gasteiger partial charge < -0.3 is 10.5 Å². The van der Waals surface area contributed by atoms with Crippen molar-refractivity contribution in [2.75, 3.05) is 7.11 Å². The number of esters is 1. The predicted molar refractivity (Wildman–Crippen MR) is 55.1 cm³/mol. The third kappa shape index (κ3) is 2.12. The van der Waals surface area contributed by atoms with Crippen molar-refractivity contribution in [3.63, 3.8) is 0 Å². The van der Waals surface area contributed by atoms with Crippen molar-refractivity contribution in [1.82, 2.24) is 0 Å². The topological polar surface area (TPSA) is 52.3 Å². The molecule has 3 heteroatoms. The summed E-state index contributed by atoms with van der Waals surface area (Å²) >= 11 is 0. The Balaban J connectivity index is 3.07. The lowest BCUT2D eigenvalue weighted by Crippen LogP contribution is -2.08. The maximum absolute atomic E-state index is 11.3. The molecule has 1 aromatic rings. The molecule has 0 unspecified atom stereocenters. The largest absolute Gasteiger partial charge is 0.465 e. The first-order chi connectivity index (χ1) is 6.56. The van der Waals surface area contributed by atoms with Crippen molar-refractivity contribution in [1.29, 1.82) is 0 Å². The summed E-state index contributed by atoms with van der Waals surface area (Å²) in [5.74, 6) is -0.307. The number of hydrogen-bond acceptors (Lipinski definition) is 3. The van der Waals surface area contributed by atoms with Crippen molar-refractivity contribution >= 4 is 5.97 Å². The van der Waals surface area contributed by atoms with Crippen molar-refractivity contribution in [3.05, 3.63) is 34.9 Å². The van der Waals surface area contributed by atoms with E-state index in [1.54, 1.807) is 6.07 Å². The SMILES string of the molecule is COC(=O)c1ccc([C@@H](C)N)cc1C. The summed E-state index contributed by atoms with van der Waals surface area (Å²) < 4.78 is 4.65. The van der Waals surface area contributed by atoms with Crippen LogP contribution in [0.15, 0.2) is 18.2 Å². The lowest BCUT2D eigenvalue weighted by molar-refractivity contribution is 0.0600. The normalized spacial score (nSPS) is 12.3. The van der Waals surface area contributed by atoms with Crippen LogP contribution in [0.3, 0.4) is 0 Å². The van der Waals surface area contributed by atoms with E-state index in [0.717, 1.165) is 11.1 Å². The minimum Gasteiger partial charge on any atom is -0.465 e. The van der Waals surface area contributed by atoms with E-state index in [0.29, 0.717) is 5.56 Å². The van der Waals surface area contributed by atoms with Gasteiger partial charge in [-0.1, -0.05) is 12.1 Å². The van der Waals surface area contributed by atoms with Crippen LogP contribution < -0.4 is 5.73 Å². The van der Waals surface area contributed by atoms with Gasteiger partial charge >= 0.3 is 5.97 Å². The molecule has 1 rings (SSSR count). The van der Waals surface area contributed by atoms with Crippen LogP contribution in [0, 0.1) is 6.92 Å². The molecule has 0 fully saturated rings. The van der Waals surface area contributed by atoms with Gasteiger partial charge in [-0.2, -0.15) is 0 Å². The van der Waals surface area contributed by atoms with E-state index >= 15 is 0 Å². The zero-order valence-corrected chi connectivity index (χ0v) is 8.70. The summed E-state index contributed by atoms with van der Waals surface area (Å²) in [7, 11) is 1.38. The summed E-state index contributed by atoms with van der Waals surface area (Å²) in [5, 5.41) is 0. The third-order valence-electron chi connectivity index (χ3n) is 2.18. The number of carbonyl (C=O) groups excluding carboxylic acids is 1. The molecule has 0 spiro atoms. The van der Waals surface area contributed by atoms with E-state index in [1.165, 1.54) is 7.11 Å². The Kier molecular flexibility index (Phi) is 3.25. The fraction of sp³-hybridized carbons (Fsp3) is 0.364. The zero-order valence-electron chi connectivity index (χ0n) is 8.70. The second-order valence-electron chi connectivity index (χ2n) is 3.35. The van der Waals surface area contributed by atoms with Crippen LogP contribution in [0.25, 0.3) is 0 Å². The number of benzene rings is 1. The average Bonchev–Trinajstić information content (AvgIpc) is 2.16. The monoisotopic (exact) mass is 193 g/mol. The molecular formula is C11H15NO2. The van der Waals surface area contributed by atoms with Gasteiger partial charge in [-0.25, -0.2) is 4.79 Å². The highest BCUT2D eigenvalue weighted by Crippen LogP contribution is 2.16. The number of hydrogen-bond donors (Lipinski definition) is 1. The summed E-state index contributed by atoms with van der Waals surface area (Å²) in [5.41, 5.74) is 8.24. The fourth-order valence-electron chi connectivity index (χ4n) is 1.31. The lowest BCUT2D eigenvalue weighted by atomic mass is 10.0. The molecule has 0 aromatic heterocycles. The van der Waals surface area contributed by atoms with Gasteiger partial charge in [0.15, 0.2) is 0 Å². The number of methoxy groups -OCH3 is 1. The van der Waals surface area contributed by atoms with E-state index in [2.05, 4.69) is 4.74 Å². The number of ether oxygens (including phenoxy) is 1. The first kappa shape index (κ1) is 10.7. The van der Waals surface area contributed by atoms with E-state index in [-0.39, 0.29) is 12.0 Å². The third-order valence-corrected chi connectivity index (χ3v) is 2.18. The first-order valence-corrected chi connectivity index (χ1v) is 4.50. The molecule has 1 aromatic carbocycles. The van der Waals surface area contributed by atoms with E-state index < -0.39 is 0 Å². The number of carbonyl (C=O) groups is 1. The number of rotatable bonds is 2. The van der Waals surface area contributed by atoms with Crippen molar-refractivity contribution in [2.24, 2.45) is 5.73 Å². The maximum atomic E-state index is 11.3. The van der Waals surface area contributed by atoms with Crippen LogP contribution in [0.2, 0.25) is 0 Å². The Morgan fingerprint density at radius 2 is 2.14 bits per heavy atom. The zero-order chi connectivity index (χ0) is 10.7. The fourth-order valence-corrected chi connectivity index (χ4v) is 1.31. The molecule has 0 amide bonds. The lowest BCUT2D eigenvalue weighted by Gasteiger charge is -2.09. The van der Waals surface area contributed by atoms with Crippen LogP contribution >= 0.6 is 0 Å². The van der Waals surface area contributed by atoms with Crippen LogP contribution in [-0.2, 0) is 4.74 Å². The molecule has 0 saturated heterocycles. The van der Waals surface area contributed by atoms with Crippen molar-refractivity contribution < 1.29 is 9.53 Å². The van der Waals surface area contributed by atoms with Gasteiger partial charge in [0.1, 0.15) is 0 Å². The Morgan fingerprint density at radius 1 is 1.50 bits per heavy atom. The van der Waals surface area contributed by atoms with Gasteiger partial charge in [0.05, 0.1) is 12.7 Å². The number of nitrogens with two attached hydrogens (primary N) is 1. The van der Waals surface area contributed by atoms with Gasteiger partial charge in [0.2, 0.25) is 0 Å². The molecule has 0 aliphatic heterocycles. The summed E-state index contributed by atoms with van der Waals surface area (Å²) in [6.45, 7) is 3.78. The molecule has 0 saturated carbocycles. The average molecular weight is 193 g/mol. The molecule has 0 radical (unpaired) electrons. The van der Waals surface area contributed by atoms with Crippen LogP contribution in [0.1, 0.15) is 34.5 Å². The minimum atomic E-state index is -0.307. The summed E-state index contributed by atoms with van der Waals surface area (Å²) in [4.78, 5) is 11.3. The second kappa shape index (κ2) is 4.24. The van der Waals surface area contributed by atoms with Gasteiger partial charge in [-0.3, -0.25) is 0 Å². The quantitative estimate of drug-likeness (QED) is 0.729. The highest BCUT2D eigenvalue weighted by molar-refractivity contribution is 5.90.